The molecule has 0 heteroatoms. The van der Waals surface area contributed by atoms with Gasteiger partial charge in [-0.3, -0.25) is 0 Å². The lowest BCUT2D eigenvalue weighted by molar-refractivity contribution is 1.05. The van der Waals surface area contributed by atoms with Gasteiger partial charge in [0.1, 0.15) is 0 Å². The number of allylic oxidation sites excluding steroid dienone is 1. The first-order chi connectivity index (χ1) is 11.8. The highest BCUT2D eigenvalue weighted by atomic mass is 14.1. The van der Waals surface area contributed by atoms with Crippen molar-refractivity contribution >= 4 is 12.2 Å². The van der Waals surface area contributed by atoms with Gasteiger partial charge >= 0.3 is 0 Å². The predicted octanol–water partition coefficient (Wildman–Crippen LogP) is 6.20. The lowest BCUT2D eigenvalue weighted by atomic mass is 9.95. The second kappa shape index (κ2) is 8.12. The molecule has 3 aromatic carbocycles. The first kappa shape index (κ1) is 16.0. The molecule has 0 N–H and O–H groups in total. The molecule has 0 bridgehead atoms. The molecule has 0 heterocycles. The van der Waals surface area contributed by atoms with Gasteiger partial charge in [0.25, 0.3) is 0 Å². The molecule has 0 saturated carbocycles. The molecule has 118 valence electrons. The summed E-state index contributed by atoms with van der Waals surface area (Å²) in [6.45, 7) is 3.94. The van der Waals surface area contributed by atoms with Crippen molar-refractivity contribution in [1.82, 2.24) is 0 Å². The molecule has 0 unspecified atom stereocenters. The number of benzene rings is 3. The molecule has 0 amide bonds. The van der Waals surface area contributed by atoms with Crippen molar-refractivity contribution in [2.75, 3.05) is 0 Å². The zero-order chi connectivity index (χ0) is 16.6. The van der Waals surface area contributed by atoms with E-state index < -0.39 is 0 Å². The summed E-state index contributed by atoms with van der Waals surface area (Å²) in [7, 11) is 0. The van der Waals surface area contributed by atoms with Crippen molar-refractivity contribution in [2.45, 2.75) is 12.8 Å². The highest BCUT2D eigenvalue weighted by molar-refractivity contribution is 5.66. The molecule has 3 rings (SSSR count). The normalized spacial score (nSPS) is 10.2. The molecule has 0 nitrogen and oxygen atoms in total. The second-order valence-corrected chi connectivity index (χ2v) is 5.96. The van der Waals surface area contributed by atoms with Crippen LogP contribution in [-0.2, 0) is 12.8 Å². The molecule has 0 spiro atoms. The van der Waals surface area contributed by atoms with Crippen molar-refractivity contribution in [3.63, 3.8) is 0 Å². The zero-order valence-corrected chi connectivity index (χ0v) is 13.9. The van der Waals surface area contributed by atoms with Crippen LogP contribution in [0.3, 0.4) is 0 Å². The minimum Gasteiger partial charge on any atom is -0.0984 e. The summed E-state index contributed by atoms with van der Waals surface area (Å²) in [5.74, 6) is 0. The van der Waals surface area contributed by atoms with Gasteiger partial charge < -0.3 is 0 Å². The predicted molar refractivity (Wildman–Crippen MR) is 105 cm³/mol. The maximum absolute atomic E-state index is 3.94. The molecule has 0 radical (unpaired) electrons. The second-order valence-electron chi connectivity index (χ2n) is 5.96. The standard InChI is InChI=1S/C24H22/c1-2-23-15-9-10-16-24(23)19-22(17-20-11-5-3-6-12-20)18-21-13-7-4-8-14-21/h2-16,19H,1,17-18H2. The van der Waals surface area contributed by atoms with Crippen LogP contribution in [0.1, 0.15) is 22.3 Å². The van der Waals surface area contributed by atoms with Gasteiger partial charge in [0, 0.05) is 0 Å². The molecule has 0 fully saturated rings. The maximum Gasteiger partial charge on any atom is -0.00604 e. The highest BCUT2D eigenvalue weighted by Crippen LogP contribution is 2.20. The van der Waals surface area contributed by atoms with E-state index in [0.29, 0.717) is 0 Å². The summed E-state index contributed by atoms with van der Waals surface area (Å²) in [6.07, 6.45) is 6.16. The molecule has 0 aliphatic heterocycles. The van der Waals surface area contributed by atoms with Gasteiger partial charge in [0.05, 0.1) is 0 Å². The highest BCUT2D eigenvalue weighted by Gasteiger charge is 2.04. The van der Waals surface area contributed by atoms with Gasteiger partial charge in [-0.25, -0.2) is 0 Å². The Kier molecular flexibility index (Phi) is 5.42. The van der Waals surface area contributed by atoms with Gasteiger partial charge in [0.15, 0.2) is 0 Å². The molecule has 24 heavy (non-hydrogen) atoms. The van der Waals surface area contributed by atoms with E-state index in [2.05, 4.69) is 97.6 Å². The monoisotopic (exact) mass is 310 g/mol. The molecule has 0 aliphatic carbocycles. The largest absolute Gasteiger partial charge is 0.0984 e. The molecule has 0 saturated heterocycles. The summed E-state index contributed by atoms with van der Waals surface area (Å²) in [5, 5.41) is 0. The Morgan fingerprint density at radius 2 is 1.08 bits per heavy atom. The Bertz CT molecular complexity index is 767. The summed E-state index contributed by atoms with van der Waals surface area (Å²) >= 11 is 0. The fourth-order valence-corrected chi connectivity index (χ4v) is 2.93. The van der Waals surface area contributed by atoms with Crippen LogP contribution in [0, 0.1) is 0 Å². The molecular formula is C24H22. The van der Waals surface area contributed by atoms with E-state index in [1.807, 2.05) is 6.08 Å². The van der Waals surface area contributed by atoms with Crippen LogP contribution in [-0.4, -0.2) is 0 Å². The van der Waals surface area contributed by atoms with Gasteiger partial charge in [-0.1, -0.05) is 109 Å². The van der Waals surface area contributed by atoms with Crippen molar-refractivity contribution in [3.05, 3.63) is 119 Å². The summed E-state index contributed by atoms with van der Waals surface area (Å²) in [6, 6.07) is 29.7. The van der Waals surface area contributed by atoms with Gasteiger partial charge in [-0.2, -0.15) is 0 Å². The van der Waals surface area contributed by atoms with Crippen LogP contribution in [0.15, 0.2) is 97.1 Å². The van der Waals surface area contributed by atoms with Crippen molar-refractivity contribution in [3.8, 4) is 0 Å². The lowest BCUT2D eigenvalue weighted by Crippen LogP contribution is -1.96. The first-order valence-electron chi connectivity index (χ1n) is 8.34. The van der Waals surface area contributed by atoms with E-state index in [1.54, 1.807) is 0 Å². The molecular weight excluding hydrogens is 288 g/mol. The number of hydrogen-bond donors (Lipinski definition) is 0. The topological polar surface area (TPSA) is 0 Å². The van der Waals surface area contributed by atoms with E-state index in [-0.39, 0.29) is 0 Å². The Labute approximate surface area is 144 Å². The minimum absolute atomic E-state index is 0.960. The van der Waals surface area contributed by atoms with Crippen LogP contribution >= 0.6 is 0 Å². The Balaban J connectivity index is 1.94. The van der Waals surface area contributed by atoms with Crippen LogP contribution in [0.4, 0.5) is 0 Å². The third-order valence-corrected chi connectivity index (χ3v) is 4.12. The van der Waals surface area contributed by atoms with E-state index >= 15 is 0 Å². The smallest absolute Gasteiger partial charge is 0.00604 e. The van der Waals surface area contributed by atoms with Crippen LogP contribution in [0.5, 0.6) is 0 Å². The Morgan fingerprint density at radius 3 is 1.58 bits per heavy atom. The third kappa shape index (κ3) is 4.33. The fourth-order valence-electron chi connectivity index (χ4n) is 2.93. The van der Waals surface area contributed by atoms with E-state index in [1.165, 1.54) is 27.8 Å². The van der Waals surface area contributed by atoms with Crippen molar-refractivity contribution < 1.29 is 0 Å². The third-order valence-electron chi connectivity index (χ3n) is 4.12. The molecule has 0 aromatic heterocycles. The fraction of sp³-hybridized carbons (Fsp3) is 0.0833. The number of hydrogen-bond acceptors (Lipinski definition) is 0. The number of rotatable bonds is 6. The molecule has 0 atom stereocenters. The van der Waals surface area contributed by atoms with E-state index in [0.717, 1.165) is 12.8 Å². The van der Waals surface area contributed by atoms with E-state index in [9.17, 15) is 0 Å². The summed E-state index contributed by atoms with van der Waals surface area (Å²) < 4.78 is 0. The Morgan fingerprint density at radius 1 is 0.625 bits per heavy atom. The van der Waals surface area contributed by atoms with Crippen LogP contribution in [0.25, 0.3) is 12.2 Å². The van der Waals surface area contributed by atoms with Gasteiger partial charge in [-0.15, -0.1) is 0 Å². The minimum atomic E-state index is 0.960. The molecule has 0 aliphatic rings. The van der Waals surface area contributed by atoms with Crippen LogP contribution in [0.2, 0.25) is 0 Å². The van der Waals surface area contributed by atoms with Crippen molar-refractivity contribution in [2.24, 2.45) is 0 Å². The van der Waals surface area contributed by atoms with Gasteiger partial charge in [0.2, 0.25) is 0 Å². The lowest BCUT2D eigenvalue weighted by Gasteiger charge is -2.10. The maximum atomic E-state index is 3.94. The van der Waals surface area contributed by atoms with Crippen molar-refractivity contribution in [1.29, 1.82) is 0 Å². The summed E-state index contributed by atoms with van der Waals surface area (Å²) in [5.41, 5.74) is 6.50. The average Bonchev–Trinajstić information content (AvgIpc) is 2.64. The first-order valence-corrected chi connectivity index (χ1v) is 8.34. The van der Waals surface area contributed by atoms with Gasteiger partial charge in [-0.05, 0) is 35.1 Å². The van der Waals surface area contributed by atoms with Crippen LogP contribution < -0.4 is 0 Å². The summed E-state index contributed by atoms with van der Waals surface area (Å²) in [4.78, 5) is 0. The zero-order valence-electron chi connectivity index (χ0n) is 13.9. The molecule has 3 aromatic rings. The average molecular weight is 310 g/mol. The van der Waals surface area contributed by atoms with E-state index in [4.69, 9.17) is 0 Å². The SMILES string of the molecule is C=Cc1ccccc1C=C(Cc1ccccc1)Cc1ccccc1. The quantitative estimate of drug-likeness (QED) is 0.508. The Hall–Kier alpha value is -2.86.